The van der Waals surface area contributed by atoms with Crippen LogP contribution in [0.3, 0.4) is 0 Å². The molecule has 0 radical (unpaired) electrons. The molecule has 0 unspecified atom stereocenters. The van der Waals surface area contributed by atoms with E-state index in [-0.39, 0.29) is 22.2 Å². The van der Waals surface area contributed by atoms with Crippen molar-refractivity contribution in [2.45, 2.75) is 56.9 Å². The van der Waals surface area contributed by atoms with Gasteiger partial charge < -0.3 is 10.6 Å². The number of rotatable bonds is 4. The molecule has 2 aromatic rings. The Labute approximate surface area is 182 Å². The van der Waals surface area contributed by atoms with Gasteiger partial charge in [0.25, 0.3) is 5.95 Å². The molecule has 166 valence electrons. The Bertz CT molecular complexity index is 1140. The molecule has 0 bridgehead atoms. The largest absolute Gasteiger partial charge is 0.370 e. The van der Waals surface area contributed by atoms with Gasteiger partial charge in [-0.25, -0.2) is 18.6 Å². The Morgan fingerprint density at radius 1 is 1.06 bits per heavy atom. The van der Waals surface area contributed by atoms with Gasteiger partial charge in [0.05, 0.1) is 11.2 Å². The van der Waals surface area contributed by atoms with Crippen molar-refractivity contribution in [3.63, 3.8) is 0 Å². The number of nitrogens with two attached hydrogens (primary N) is 2. The fourth-order valence-electron chi connectivity index (χ4n) is 4.24. The third-order valence-corrected chi connectivity index (χ3v) is 6.52. The lowest BCUT2D eigenvalue weighted by Gasteiger charge is -2.30. The van der Waals surface area contributed by atoms with Gasteiger partial charge in [-0.3, -0.25) is 0 Å². The highest BCUT2D eigenvalue weighted by atomic mass is 32.2. The van der Waals surface area contributed by atoms with Gasteiger partial charge in [-0.05, 0) is 58.2 Å². The summed E-state index contributed by atoms with van der Waals surface area (Å²) in [5, 5.41) is 11.8. The second kappa shape index (κ2) is 7.72. The Balaban J connectivity index is 1.79. The van der Waals surface area contributed by atoms with Crippen LogP contribution in [0.4, 0.5) is 17.6 Å². The topological polar surface area (TPSA) is 144 Å². The summed E-state index contributed by atoms with van der Waals surface area (Å²) in [7, 11) is -3.95. The number of benzene rings is 1. The van der Waals surface area contributed by atoms with Crippen molar-refractivity contribution in [3.8, 4) is 11.4 Å². The van der Waals surface area contributed by atoms with Crippen LogP contribution >= 0.6 is 0 Å². The molecule has 4 rings (SSSR count). The number of sulfonamides is 1. The molecule has 1 aromatic carbocycles. The maximum absolute atomic E-state index is 12.4. The minimum atomic E-state index is -3.95. The lowest BCUT2D eigenvalue weighted by atomic mass is 9.99. The molecule has 4 N–H and O–H groups in total. The van der Waals surface area contributed by atoms with Crippen LogP contribution in [-0.2, 0) is 10.0 Å². The van der Waals surface area contributed by atoms with Crippen molar-refractivity contribution < 1.29 is 8.42 Å². The molecule has 0 spiro atoms. The summed E-state index contributed by atoms with van der Waals surface area (Å²) in [6.07, 6.45) is 3.95. The van der Waals surface area contributed by atoms with E-state index in [0.29, 0.717) is 17.2 Å². The van der Waals surface area contributed by atoms with E-state index in [0.717, 1.165) is 44.5 Å². The van der Waals surface area contributed by atoms with Gasteiger partial charge in [-0.2, -0.15) is 20.1 Å². The van der Waals surface area contributed by atoms with Crippen LogP contribution in [0.25, 0.3) is 11.4 Å². The highest BCUT2D eigenvalue weighted by Gasteiger charge is 2.35. The lowest BCUT2D eigenvalue weighted by molar-refractivity contribution is 0.506. The van der Waals surface area contributed by atoms with Crippen LogP contribution in [0.1, 0.15) is 46.5 Å². The van der Waals surface area contributed by atoms with Gasteiger partial charge in [0.1, 0.15) is 4.90 Å². The van der Waals surface area contributed by atoms with Gasteiger partial charge in [-0.15, -0.1) is 0 Å². The average molecular weight is 445 g/mol. The Kier molecular flexibility index (Phi) is 5.34. The zero-order valence-electron chi connectivity index (χ0n) is 18.0. The molecule has 0 saturated carbocycles. The predicted molar refractivity (Wildman–Crippen MR) is 121 cm³/mol. The maximum Gasteiger partial charge on any atom is 0.252 e. The average Bonchev–Trinajstić information content (AvgIpc) is 2.99. The first kappa shape index (κ1) is 21.4. The number of primary sulfonamides is 1. The van der Waals surface area contributed by atoms with E-state index in [1.54, 1.807) is 17.1 Å². The Morgan fingerprint density at radius 3 is 2.39 bits per heavy atom. The van der Waals surface area contributed by atoms with Crippen LogP contribution in [0.5, 0.6) is 0 Å². The first-order chi connectivity index (χ1) is 14.5. The van der Waals surface area contributed by atoms with Crippen molar-refractivity contribution in [1.29, 1.82) is 0 Å². The summed E-state index contributed by atoms with van der Waals surface area (Å²) in [4.78, 5) is 15.2. The van der Waals surface area contributed by atoms with E-state index in [9.17, 15) is 8.42 Å². The smallest absolute Gasteiger partial charge is 0.252 e. The summed E-state index contributed by atoms with van der Waals surface area (Å²) in [5.41, 5.74) is 7.73. The van der Waals surface area contributed by atoms with E-state index in [1.807, 2.05) is 20.8 Å². The van der Waals surface area contributed by atoms with Gasteiger partial charge >= 0.3 is 0 Å². The molecule has 1 fully saturated rings. The number of anilines is 3. The number of hydrogen-bond acceptors (Lipinski definition) is 9. The minimum Gasteiger partial charge on any atom is -0.370 e. The van der Waals surface area contributed by atoms with Crippen LogP contribution in [0.15, 0.2) is 28.2 Å². The molecular weight excluding hydrogens is 416 g/mol. The summed E-state index contributed by atoms with van der Waals surface area (Å²) in [6, 6.07) is 5.07. The normalized spacial score (nSPS) is 18.9. The molecule has 11 heteroatoms. The van der Waals surface area contributed by atoms with E-state index in [2.05, 4.69) is 25.0 Å². The third-order valence-electron chi connectivity index (χ3n) is 5.58. The number of aromatic nitrogens is 3. The van der Waals surface area contributed by atoms with E-state index < -0.39 is 10.0 Å². The summed E-state index contributed by atoms with van der Waals surface area (Å²) in [6.45, 7) is 7.63. The molecule has 0 amide bonds. The molecular formula is C20H28N8O2S. The van der Waals surface area contributed by atoms with E-state index in [1.165, 1.54) is 6.07 Å². The zero-order chi connectivity index (χ0) is 22.4. The highest BCUT2D eigenvalue weighted by molar-refractivity contribution is 7.89. The second-order valence-corrected chi connectivity index (χ2v) is 10.3. The number of piperidine rings is 1. The van der Waals surface area contributed by atoms with Gasteiger partial charge in [0, 0.05) is 30.8 Å². The molecule has 0 atom stereocenters. The fourth-order valence-corrected chi connectivity index (χ4v) is 5.02. The first-order valence-electron chi connectivity index (χ1n) is 10.3. The monoisotopic (exact) mass is 444 g/mol. The van der Waals surface area contributed by atoms with Crippen LogP contribution < -0.4 is 20.8 Å². The van der Waals surface area contributed by atoms with E-state index >= 15 is 0 Å². The van der Waals surface area contributed by atoms with Crippen LogP contribution in [-0.4, -0.2) is 47.7 Å². The standard InChI is InChI=1S/C20H28N8O2S/c1-13-12-20(2,3)28(26-13)19-24-17(23-18(21)25-19)14-7-8-15(16(11-14)31(22,29)30)27-9-5-4-6-10-27/h7-8,11H,4-6,9-10,12H2,1-3H3,(H2,22,29,30)(H2,21,23,24,25). The SMILES string of the molecule is CC1=NN(c2nc(N)nc(-c3ccc(N4CCCCC4)c(S(N)(=O)=O)c3)n2)C(C)(C)C1. The summed E-state index contributed by atoms with van der Waals surface area (Å²) >= 11 is 0. The zero-order valence-corrected chi connectivity index (χ0v) is 18.9. The molecule has 3 heterocycles. The van der Waals surface area contributed by atoms with Crippen LogP contribution in [0, 0.1) is 0 Å². The van der Waals surface area contributed by atoms with Crippen molar-refractivity contribution in [2.75, 3.05) is 28.7 Å². The van der Waals surface area contributed by atoms with Crippen molar-refractivity contribution >= 4 is 33.3 Å². The molecule has 31 heavy (non-hydrogen) atoms. The van der Waals surface area contributed by atoms with Crippen molar-refractivity contribution in [1.82, 2.24) is 15.0 Å². The molecule has 1 saturated heterocycles. The summed E-state index contributed by atoms with van der Waals surface area (Å²) < 4.78 is 24.8. The summed E-state index contributed by atoms with van der Waals surface area (Å²) in [5.74, 6) is 0.627. The Morgan fingerprint density at radius 2 is 1.77 bits per heavy atom. The molecule has 2 aliphatic rings. The molecule has 10 nitrogen and oxygen atoms in total. The van der Waals surface area contributed by atoms with Crippen LogP contribution in [0.2, 0.25) is 0 Å². The first-order valence-corrected chi connectivity index (χ1v) is 11.9. The van der Waals surface area contributed by atoms with Crippen molar-refractivity contribution in [2.24, 2.45) is 10.2 Å². The number of hydrazone groups is 1. The third kappa shape index (κ3) is 4.33. The number of nitrogens with zero attached hydrogens (tertiary/aromatic N) is 6. The maximum atomic E-state index is 12.4. The van der Waals surface area contributed by atoms with E-state index in [4.69, 9.17) is 10.9 Å². The van der Waals surface area contributed by atoms with Gasteiger partial charge in [0.2, 0.25) is 16.0 Å². The predicted octanol–water partition coefficient (Wildman–Crippen LogP) is 2.12. The lowest BCUT2D eigenvalue weighted by Crippen LogP contribution is -2.37. The number of nitrogen functional groups attached to an aromatic ring is 1. The van der Waals surface area contributed by atoms with Gasteiger partial charge in [0.15, 0.2) is 5.82 Å². The molecule has 2 aliphatic heterocycles. The highest BCUT2D eigenvalue weighted by Crippen LogP contribution is 2.34. The fraction of sp³-hybridized carbons (Fsp3) is 0.500. The quantitative estimate of drug-likeness (QED) is 0.730. The minimum absolute atomic E-state index is 0.0350. The van der Waals surface area contributed by atoms with Gasteiger partial charge in [-0.1, -0.05) is 0 Å². The van der Waals surface area contributed by atoms with Crippen molar-refractivity contribution in [3.05, 3.63) is 18.2 Å². The number of hydrogen-bond donors (Lipinski definition) is 2. The Hall–Kier alpha value is -2.79. The molecule has 0 aliphatic carbocycles. The molecule has 1 aromatic heterocycles. The second-order valence-electron chi connectivity index (χ2n) is 8.73.